The number of H-pyrrole nitrogens is 1. The van der Waals surface area contributed by atoms with Crippen LogP contribution in [0.4, 0.5) is 0 Å². The highest BCUT2D eigenvalue weighted by Gasteiger charge is 2.41. The summed E-state index contributed by atoms with van der Waals surface area (Å²) in [7, 11) is 0. The average molecular weight is 341 g/mol. The molecular weight excluding hydrogens is 314 g/mol. The van der Waals surface area contributed by atoms with Gasteiger partial charge >= 0.3 is 0 Å². The lowest BCUT2D eigenvalue weighted by atomic mass is 9.77. The van der Waals surface area contributed by atoms with Crippen molar-refractivity contribution in [2.75, 3.05) is 6.54 Å². The van der Waals surface area contributed by atoms with E-state index >= 15 is 0 Å². The van der Waals surface area contributed by atoms with E-state index in [1.807, 2.05) is 24.3 Å². The van der Waals surface area contributed by atoms with Crippen molar-refractivity contribution in [2.24, 2.45) is 17.8 Å². The van der Waals surface area contributed by atoms with E-state index in [1.54, 1.807) is 0 Å². The Bertz CT molecular complexity index is 722. The number of hydrazine groups is 1. The van der Waals surface area contributed by atoms with Gasteiger partial charge in [0, 0.05) is 12.6 Å². The van der Waals surface area contributed by atoms with Crippen LogP contribution in [0.5, 0.6) is 0 Å². The number of aromatic nitrogens is 2. The number of aromatic amines is 1. The fourth-order valence-electron chi connectivity index (χ4n) is 4.27. The van der Waals surface area contributed by atoms with Gasteiger partial charge in [-0.1, -0.05) is 32.4 Å². The Morgan fingerprint density at radius 3 is 2.92 bits per heavy atom. The van der Waals surface area contributed by atoms with E-state index < -0.39 is 0 Å². The van der Waals surface area contributed by atoms with Gasteiger partial charge in [-0.15, -0.1) is 0 Å². The average Bonchev–Trinajstić information content (AvgIpc) is 3.24. The van der Waals surface area contributed by atoms with Crippen molar-refractivity contribution in [1.82, 2.24) is 26.1 Å². The SMILES string of the molecule is CC(C)C(NC(=O)C1CCCC2CNNC21)c1nc2ccccc2[nH]1. The number of benzene rings is 1. The standard InChI is InChI=1S/C19H27N5O/c1-11(2)16(18-21-14-8-3-4-9-15(14)22-18)23-19(25)13-7-5-6-12-10-20-24-17(12)13/h3-4,8-9,11-13,16-17,20,24H,5-7,10H2,1-2H3,(H,21,22)(H,23,25). The molecule has 134 valence electrons. The number of fused-ring (bicyclic) bond motifs is 2. The first kappa shape index (κ1) is 16.5. The highest BCUT2D eigenvalue weighted by Crippen LogP contribution is 2.32. The van der Waals surface area contributed by atoms with Gasteiger partial charge < -0.3 is 10.3 Å². The van der Waals surface area contributed by atoms with Gasteiger partial charge in [0.1, 0.15) is 5.82 Å². The van der Waals surface area contributed by atoms with Crippen molar-refractivity contribution in [1.29, 1.82) is 0 Å². The minimum atomic E-state index is -0.102. The third-order valence-corrected chi connectivity index (χ3v) is 5.67. The molecular formula is C19H27N5O. The maximum absolute atomic E-state index is 13.0. The number of hydrogen-bond donors (Lipinski definition) is 4. The maximum atomic E-state index is 13.0. The monoisotopic (exact) mass is 341 g/mol. The molecule has 4 unspecified atom stereocenters. The molecule has 0 radical (unpaired) electrons. The van der Waals surface area contributed by atoms with E-state index in [0.717, 1.165) is 36.2 Å². The highest BCUT2D eigenvalue weighted by atomic mass is 16.2. The van der Waals surface area contributed by atoms with Gasteiger partial charge in [0.2, 0.25) is 5.91 Å². The Balaban J connectivity index is 1.54. The van der Waals surface area contributed by atoms with Crippen LogP contribution in [0.15, 0.2) is 24.3 Å². The second-order valence-electron chi connectivity index (χ2n) is 7.72. The second kappa shape index (κ2) is 6.77. The zero-order valence-electron chi connectivity index (χ0n) is 14.9. The summed E-state index contributed by atoms with van der Waals surface area (Å²) in [6.07, 6.45) is 3.28. The molecule has 4 atom stereocenters. The third kappa shape index (κ3) is 3.16. The molecule has 0 spiro atoms. The fourth-order valence-corrected chi connectivity index (χ4v) is 4.27. The summed E-state index contributed by atoms with van der Waals surface area (Å²) in [5, 5.41) is 3.28. The van der Waals surface area contributed by atoms with Crippen molar-refractivity contribution >= 4 is 16.9 Å². The summed E-state index contributed by atoms with van der Waals surface area (Å²) >= 11 is 0. The molecule has 4 N–H and O–H groups in total. The minimum absolute atomic E-state index is 0.0272. The molecule has 2 heterocycles. The van der Waals surface area contributed by atoms with E-state index in [1.165, 1.54) is 6.42 Å². The zero-order chi connectivity index (χ0) is 17.4. The predicted molar refractivity (Wildman–Crippen MR) is 97.6 cm³/mol. The van der Waals surface area contributed by atoms with Gasteiger partial charge in [0.15, 0.2) is 0 Å². The highest BCUT2D eigenvalue weighted by molar-refractivity contribution is 5.80. The minimum Gasteiger partial charge on any atom is -0.346 e. The summed E-state index contributed by atoms with van der Waals surface area (Å²) in [6.45, 7) is 5.21. The molecule has 25 heavy (non-hydrogen) atoms. The van der Waals surface area contributed by atoms with Gasteiger partial charge in [-0.3, -0.25) is 15.6 Å². The molecule has 1 saturated heterocycles. The zero-order valence-corrected chi connectivity index (χ0v) is 14.9. The number of hydrogen-bond acceptors (Lipinski definition) is 4. The van der Waals surface area contributed by atoms with Gasteiger partial charge in [-0.25, -0.2) is 4.98 Å². The van der Waals surface area contributed by atoms with Gasteiger partial charge in [-0.2, -0.15) is 0 Å². The number of carbonyl (C=O) groups excluding carboxylic acids is 1. The number of nitrogens with zero attached hydrogens (tertiary/aromatic N) is 1. The first-order valence-electron chi connectivity index (χ1n) is 9.37. The summed E-state index contributed by atoms with van der Waals surface area (Å²) < 4.78 is 0. The molecule has 2 fully saturated rings. The molecule has 1 amide bonds. The number of imidazole rings is 1. The number of nitrogens with one attached hydrogen (secondary N) is 4. The van der Waals surface area contributed by atoms with E-state index in [4.69, 9.17) is 4.98 Å². The van der Waals surface area contributed by atoms with Crippen LogP contribution < -0.4 is 16.2 Å². The molecule has 2 aliphatic rings. The molecule has 1 aromatic heterocycles. The lowest BCUT2D eigenvalue weighted by Crippen LogP contribution is -2.49. The lowest BCUT2D eigenvalue weighted by Gasteiger charge is -2.33. The van der Waals surface area contributed by atoms with Crippen molar-refractivity contribution in [3.8, 4) is 0 Å². The molecule has 1 aromatic carbocycles. The molecule has 0 bridgehead atoms. The van der Waals surface area contributed by atoms with Crippen LogP contribution in [0, 0.1) is 17.8 Å². The Labute approximate surface area is 148 Å². The molecule has 2 aromatic rings. The fraction of sp³-hybridized carbons (Fsp3) is 0.579. The van der Waals surface area contributed by atoms with Crippen LogP contribution in [0.25, 0.3) is 11.0 Å². The van der Waals surface area contributed by atoms with E-state index in [2.05, 4.69) is 35.0 Å². The van der Waals surface area contributed by atoms with Gasteiger partial charge in [0.25, 0.3) is 0 Å². The van der Waals surface area contributed by atoms with Crippen LogP contribution in [0.2, 0.25) is 0 Å². The van der Waals surface area contributed by atoms with E-state index in [0.29, 0.717) is 5.92 Å². The van der Waals surface area contributed by atoms with Gasteiger partial charge in [-0.05, 0) is 36.8 Å². The first-order chi connectivity index (χ1) is 12.1. The number of para-hydroxylation sites is 2. The Morgan fingerprint density at radius 1 is 1.28 bits per heavy atom. The quantitative estimate of drug-likeness (QED) is 0.688. The summed E-state index contributed by atoms with van der Waals surface area (Å²) in [5.41, 5.74) is 8.50. The predicted octanol–water partition coefficient (Wildman–Crippen LogP) is 2.27. The van der Waals surface area contributed by atoms with Crippen LogP contribution >= 0.6 is 0 Å². The van der Waals surface area contributed by atoms with Crippen molar-refractivity contribution in [3.05, 3.63) is 30.1 Å². The molecule has 1 aliphatic heterocycles. The summed E-state index contributed by atoms with van der Waals surface area (Å²) in [6, 6.07) is 8.14. The van der Waals surface area contributed by atoms with Gasteiger partial charge in [0.05, 0.1) is 23.0 Å². The number of carbonyl (C=O) groups is 1. The molecule has 6 heteroatoms. The topological polar surface area (TPSA) is 81.8 Å². The van der Waals surface area contributed by atoms with Crippen LogP contribution in [0.3, 0.4) is 0 Å². The number of rotatable bonds is 4. The van der Waals surface area contributed by atoms with Crippen molar-refractivity contribution in [3.63, 3.8) is 0 Å². The van der Waals surface area contributed by atoms with E-state index in [-0.39, 0.29) is 29.8 Å². The van der Waals surface area contributed by atoms with E-state index in [9.17, 15) is 4.79 Å². The lowest BCUT2D eigenvalue weighted by molar-refractivity contribution is -0.128. The molecule has 1 aliphatic carbocycles. The number of amides is 1. The van der Waals surface area contributed by atoms with Crippen molar-refractivity contribution < 1.29 is 4.79 Å². The second-order valence-corrected chi connectivity index (χ2v) is 7.72. The first-order valence-corrected chi connectivity index (χ1v) is 9.37. The Morgan fingerprint density at radius 2 is 2.12 bits per heavy atom. The normalized spacial score (nSPS) is 27.4. The summed E-state index contributed by atoms with van der Waals surface area (Å²) in [4.78, 5) is 21.1. The van der Waals surface area contributed by atoms with Crippen molar-refractivity contribution in [2.45, 2.75) is 45.2 Å². The maximum Gasteiger partial charge on any atom is 0.225 e. The molecule has 4 rings (SSSR count). The Hall–Kier alpha value is -1.92. The molecule has 6 nitrogen and oxygen atoms in total. The van der Waals surface area contributed by atoms with Crippen LogP contribution in [0.1, 0.15) is 45.0 Å². The third-order valence-electron chi connectivity index (χ3n) is 5.67. The Kier molecular flexibility index (Phi) is 4.48. The molecule has 1 saturated carbocycles. The van der Waals surface area contributed by atoms with Crippen LogP contribution in [-0.2, 0) is 4.79 Å². The smallest absolute Gasteiger partial charge is 0.225 e. The largest absolute Gasteiger partial charge is 0.346 e. The van der Waals surface area contributed by atoms with Crippen LogP contribution in [-0.4, -0.2) is 28.5 Å². The summed E-state index contributed by atoms with van der Waals surface area (Å²) in [5.74, 6) is 1.84.